The molecular formula is C11H11N3O2. The zero-order chi connectivity index (χ0) is 11.7. The fraction of sp³-hybridized carbons (Fsp3) is 0.182. The van der Waals surface area contributed by atoms with E-state index < -0.39 is 5.97 Å². The van der Waals surface area contributed by atoms with E-state index in [4.69, 9.17) is 5.11 Å². The summed E-state index contributed by atoms with van der Waals surface area (Å²) in [6.07, 6.45) is 1.43. The van der Waals surface area contributed by atoms with Crippen LogP contribution in [-0.4, -0.2) is 35.1 Å². The molecule has 2 aromatic rings. The van der Waals surface area contributed by atoms with E-state index in [2.05, 4.69) is 9.97 Å². The normalized spacial score (nSPS) is 10.4. The average molecular weight is 217 g/mol. The molecule has 0 amide bonds. The number of fused-ring (bicyclic) bond motifs is 1. The molecule has 0 unspecified atom stereocenters. The Morgan fingerprint density at radius 2 is 2.06 bits per heavy atom. The lowest BCUT2D eigenvalue weighted by molar-refractivity contribution is 0.0697. The summed E-state index contributed by atoms with van der Waals surface area (Å²) in [5.41, 5.74) is 0.870. The number of anilines is 1. The zero-order valence-electron chi connectivity index (χ0n) is 9.01. The fourth-order valence-electron chi connectivity index (χ4n) is 1.53. The number of carbonyl (C=O) groups is 1. The van der Waals surface area contributed by atoms with Crippen molar-refractivity contribution >= 4 is 22.7 Å². The lowest BCUT2D eigenvalue weighted by atomic mass is 10.1. The van der Waals surface area contributed by atoms with E-state index in [0.717, 1.165) is 11.2 Å². The molecule has 1 aromatic heterocycles. The molecule has 0 bridgehead atoms. The quantitative estimate of drug-likeness (QED) is 0.823. The number of rotatable bonds is 2. The van der Waals surface area contributed by atoms with Gasteiger partial charge in [0, 0.05) is 19.5 Å². The Morgan fingerprint density at radius 1 is 1.31 bits per heavy atom. The van der Waals surface area contributed by atoms with Gasteiger partial charge in [-0.05, 0) is 18.2 Å². The lowest BCUT2D eigenvalue weighted by Gasteiger charge is -2.13. The van der Waals surface area contributed by atoms with Gasteiger partial charge >= 0.3 is 5.97 Å². The summed E-state index contributed by atoms with van der Waals surface area (Å²) in [5, 5.41) is 9.71. The lowest BCUT2D eigenvalue weighted by Crippen LogP contribution is -2.11. The molecule has 5 heteroatoms. The van der Waals surface area contributed by atoms with Crippen LogP contribution in [0.2, 0.25) is 0 Å². The molecule has 0 aliphatic rings. The number of hydrogen-bond acceptors (Lipinski definition) is 4. The molecule has 1 N–H and O–H groups in total. The van der Waals surface area contributed by atoms with Crippen LogP contribution in [0.25, 0.3) is 10.9 Å². The third-order valence-corrected chi connectivity index (χ3v) is 2.29. The van der Waals surface area contributed by atoms with Crippen molar-refractivity contribution in [3.05, 3.63) is 30.1 Å². The van der Waals surface area contributed by atoms with Gasteiger partial charge in [0.1, 0.15) is 12.1 Å². The SMILES string of the molecule is CN(C)c1ncnc2cc(C(=O)O)ccc12. The summed E-state index contributed by atoms with van der Waals surface area (Å²) in [7, 11) is 3.76. The van der Waals surface area contributed by atoms with Crippen LogP contribution in [0.5, 0.6) is 0 Å². The van der Waals surface area contributed by atoms with E-state index >= 15 is 0 Å². The summed E-state index contributed by atoms with van der Waals surface area (Å²) in [5.74, 6) is -0.172. The number of carboxylic acids is 1. The van der Waals surface area contributed by atoms with Crippen molar-refractivity contribution in [2.45, 2.75) is 0 Å². The first-order valence-corrected chi connectivity index (χ1v) is 4.75. The van der Waals surface area contributed by atoms with Crippen molar-refractivity contribution < 1.29 is 9.90 Å². The molecule has 0 saturated carbocycles. The number of hydrogen-bond donors (Lipinski definition) is 1. The molecule has 0 saturated heterocycles. The van der Waals surface area contributed by atoms with Crippen molar-refractivity contribution in [2.75, 3.05) is 19.0 Å². The highest BCUT2D eigenvalue weighted by molar-refractivity contribution is 5.96. The maximum Gasteiger partial charge on any atom is 0.335 e. The van der Waals surface area contributed by atoms with E-state index in [0.29, 0.717) is 5.52 Å². The third-order valence-electron chi connectivity index (χ3n) is 2.29. The van der Waals surface area contributed by atoms with Crippen molar-refractivity contribution in [3.63, 3.8) is 0 Å². The highest BCUT2D eigenvalue weighted by Crippen LogP contribution is 2.21. The Bertz CT molecular complexity index is 552. The highest BCUT2D eigenvalue weighted by Gasteiger charge is 2.08. The van der Waals surface area contributed by atoms with Gasteiger partial charge in [0.15, 0.2) is 0 Å². The molecule has 1 heterocycles. The number of carboxylic acid groups (broad SMARTS) is 1. The Balaban J connectivity index is 2.68. The van der Waals surface area contributed by atoms with Gasteiger partial charge < -0.3 is 10.0 Å². The Kier molecular flexibility index (Phi) is 2.44. The standard InChI is InChI=1S/C11H11N3O2/c1-14(2)10-8-4-3-7(11(15)16)5-9(8)12-6-13-10/h3-6H,1-2H3,(H,15,16). The highest BCUT2D eigenvalue weighted by atomic mass is 16.4. The Labute approximate surface area is 92.4 Å². The van der Waals surface area contributed by atoms with E-state index in [1.807, 2.05) is 19.0 Å². The Hall–Kier alpha value is -2.17. The first-order chi connectivity index (χ1) is 7.59. The van der Waals surface area contributed by atoms with Crippen molar-refractivity contribution in [2.24, 2.45) is 0 Å². The molecule has 0 spiro atoms. The Morgan fingerprint density at radius 3 is 2.69 bits per heavy atom. The van der Waals surface area contributed by atoms with Gasteiger partial charge in [0.25, 0.3) is 0 Å². The topological polar surface area (TPSA) is 66.3 Å². The summed E-state index contributed by atoms with van der Waals surface area (Å²) in [6.45, 7) is 0. The number of aromatic carboxylic acids is 1. The number of benzene rings is 1. The van der Waals surface area contributed by atoms with Crippen molar-refractivity contribution in [3.8, 4) is 0 Å². The maximum absolute atomic E-state index is 10.8. The molecule has 16 heavy (non-hydrogen) atoms. The smallest absolute Gasteiger partial charge is 0.335 e. The molecule has 2 rings (SSSR count). The molecule has 0 aliphatic carbocycles. The second kappa shape index (κ2) is 3.77. The number of aromatic nitrogens is 2. The molecular weight excluding hydrogens is 206 g/mol. The first-order valence-electron chi connectivity index (χ1n) is 4.75. The van der Waals surface area contributed by atoms with Crippen LogP contribution in [0.1, 0.15) is 10.4 Å². The summed E-state index contributed by atoms with van der Waals surface area (Å²) >= 11 is 0. The molecule has 0 atom stereocenters. The minimum absolute atomic E-state index is 0.232. The monoisotopic (exact) mass is 217 g/mol. The van der Waals surface area contributed by atoms with Gasteiger partial charge in [-0.25, -0.2) is 14.8 Å². The van der Waals surface area contributed by atoms with Crippen LogP contribution in [0.15, 0.2) is 24.5 Å². The van der Waals surface area contributed by atoms with Crippen LogP contribution in [-0.2, 0) is 0 Å². The molecule has 5 nitrogen and oxygen atoms in total. The van der Waals surface area contributed by atoms with Gasteiger partial charge in [-0.2, -0.15) is 0 Å². The first kappa shape index (κ1) is 10.4. The molecule has 1 aromatic carbocycles. The van der Waals surface area contributed by atoms with Gasteiger partial charge in [-0.3, -0.25) is 0 Å². The minimum atomic E-state index is -0.952. The van der Waals surface area contributed by atoms with E-state index in [-0.39, 0.29) is 5.56 Å². The van der Waals surface area contributed by atoms with E-state index in [9.17, 15) is 4.79 Å². The summed E-state index contributed by atoms with van der Waals surface area (Å²) < 4.78 is 0. The zero-order valence-corrected chi connectivity index (χ0v) is 9.01. The van der Waals surface area contributed by atoms with Gasteiger partial charge in [0.2, 0.25) is 0 Å². The molecule has 0 aliphatic heterocycles. The van der Waals surface area contributed by atoms with Crippen LogP contribution in [0, 0.1) is 0 Å². The minimum Gasteiger partial charge on any atom is -0.478 e. The molecule has 0 fully saturated rings. The van der Waals surface area contributed by atoms with Crippen molar-refractivity contribution in [1.82, 2.24) is 9.97 Å². The largest absolute Gasteiger partial charge is 0.478 e. The second-order valence-corrected chi connectivity index (χ2v) is 3.63. The predicted molar refractivity (Wildman–Crippen MR) is 60.8 cm³/mol. The van der Waals surface area contributed by atoms with Crippen LogP contribution in [0.4, 0.5) is 5.82 Å². The number of nitrogens with zero attached hydrogens (tertiary/aromatic N) is 3. The third kappa shape index (κ3) is 1.67. The molecule has 82 valence electrons. The fourth-order valence-corrected chi connectivity index (χ4v) is 1.53. The van der Waals surface area contributed by atoms with Gasteiger partial charge in [0.05, 0.1) is 11.1 Å². The second-order valence-electron chi connectivity index (χ2n) is 3.63. The maximum atomic E-state index is 10.8. The predicted octanol–water partition coefficient (Wildman–Crippen LogP) is 1.39. The summed E-state index contributed by atoms with van der Waals surface area (Å²) in [4.78, 5) is 20.9. The molecule has 0 radical (unpaired) electrons. The van der Waals surface area contributed by atoms with Gasteiger partial charge in [-0.1, -0.05) is 0 Å². The van der Waals surface area contributed by atoms with Gasteiger partial charge in [-0.15, -0.1) is 0 Å². The average Bonchev–Trinajstić information content (AvgIpc) is 2.27. The van der Waals surface area contributed by atoms with E-state index in [1.165, 1.54) is 6.33 Å². The van der Waals surface area contributed by atoms with Crippen LogP contribution in [0.3, 0.4) is 0 Å². The van der Waals surface area contributed by atoms with Crippen LogP contribution >= 0.6 is 0 Å². The van der Waals surface area contributed by atoms with E-state index in [1.54, 1.807) is 18.2 Å². The van der Waals surface area contributed by atoms with Crippen LogP contribution < -0.4 is 4.90 Å². The van der Waals surface area contributed by atoms with Crippen molar-refractivity contribution in [1.29, 1.82) is 0 Å². The summed E-state index contributed by atoms with van der Waals surface area (Å²) in [6, 6.07) is 4.83.